The molecule has 112 valence electrons. The molecule has 1 N–H and O–H groups in total. The predicted octanol–water partition coefficient (Wildman–Crippen LogP) is 2.43. The van der Waals surface area contributed by atoms with Crippen LogP contribution in [0.2, 0.25) is 0 Å². The normalized spacial score (nSPS) is 17.0. The van der Waals surface area contributed by atoms with Crippen LogP contribution in [0.4, 0.5) is 4.39 Å². The van der Waals surface area contributed by atoms with Gasteiger partial charge in [-0.1, -0.05) is 25.7 Å². The first-order valence-corrected chi connectivity index (χ1v) is 7.11. The summed E-state index contributed by atoms with van der Waals surface area (Å²) in [6.07, 6.45) is 1.91. The zero-order valence-corrected chi connectivity index (χ0v) is 12.4. The van der Waals surface area contributed by atoms with Crippen molar-refractivity contribution in [3.63, 3.8) is 0 Å². The lowest BCUT2D eigenvalue weighted by Crippen LogP contribution is -2.41. The summed E-state index contributed by atoms with van der Waals surface area (Å²) in [5.41, 5.74) is 0.995. The quantitative estimate of drug-likeness (QED) is 0.807. The molecule has 1 amide bonds. The average Bonchev–Trinajstić information content (AvgIpc) is 2.44. The summed E-state index contributed by atoms with van der Waals surface area (Å²) in [4.78, 5) is 14.4. The summed E-state index contributed by atoms with van der Waals surface area (Å²) in [7, 11) is 0. The number of carbonyl (C=O) groups excluding carboxylic acids is 1. The van der Waals surface area contributed by atoms with Crippen LogP contribution in [0.25, 0.3) is 0 Å². The number of benzene rings is 1. The minimum atomic E-state index is -0.437. The fraction of sp³-hybridized carbons (Fsp3) is 0.471. The minimum Gasteiger partial charge on any atom is -0.384 e. The van der Waals surface area contributed by atoms with Crippen molar-refractivity contribution in [1.82, 2.24) is 4.90 Å². The third-order valence-corrected chi connectivity index (χ3v) is 3.92. The van der Waals surface area contributed by atoms with E-state index in [2.05, 4.69) is 25.7 Å². The van der Waals surface area contributed by atoms with Crippen molar-refractivity contribution < 1.29 is 14.3 Å². The minimum absolute atomic E-state index is 0.118. The van der Waals surface area contributed by atoms with E-state index in [0.29, 0.717) is 24.2 Å². The molecule has 0 aliphatic carbocycles. The van der Waals surface area contributed by atoms with Gasteiger partial charge in [-0.15, -0.1) is 0 Å². The van der Waals surface area contributed by atoms with Gasteiger partial charge in [0.05, 0.1) is 5.56 Å². The Morgan fingerprint density at radius 1 is 1.38 bits per heavy atom. The Labute approximate surface area is 124 Å². The highest BCUT2D eigenvalue weighted by Crippen LogP contribution is 2.30. The number of piperidine rings is 1. The molecule has 3 nitrogen and oxygen atoms in total. The SMILES string of the molecule is CC1(C)CCN(C(=O)c2ccc(F)cc2C#CCO)CC1. The predicted molar refractivity (Wildman–Crippen MR) is 79.3 cm³/mol. The van der Waals surface area contributed by atoms with Crippen LogP contribution in [-0.4, -0.2) is 35.6 Å². The fourth-order valence-electron chi connectivity index (χ4n) is 2.43. The average molecular weight is 289 g/mol. The van der Waals surface area contributed by atoms with Gasteiger partial charge in [-0.05, 0) is 36.5 Å². The molecule has 0 radical (unpaired) electrons. The van der Waals surface area contributed by atoms with Crippen LogP contribution in [0.1, 0.15) is 42.6 Å². The lowest BCUT2D eigenvalue weighted by atomic mass is 9.82. The van der Waals surface area contributed by atoms with Crippen LogP contribution in [0.15, 0.2) is 18.2 Å². The van der Waals surface area contributed by atoms with E-state index in [1.807, 2.05) is 0 Å². The lowest BCUT2D eigenvalue weighted by Gasteiger charge is -2.37. The van der Waals surface area contributed by atoms with E-state index < -0.39 is 5.82 Å². The van der Waals surface area contributed by atoms with Crippen molar-refractivity contribution in [2.75, 3.05) is 19.7 Å². The number of carbonyl (C=O) groups is 1. The fourth-order valence-corrected chi connectivity index (χ4v) is 2.43. The highest BCUT2D eigenvalue weighted by molar-refractivity contribution is 5.96. The molecule has 0 unspecified atom stereocenters. The Morgan fingerprint density at radius 3 is 2.67 bits per heavy atom. The number of nitrogens with zero attached hydrogens (tertiary/aromatic N) is 1. The van der Waals surface area contributed by atoms with Crippen LogP contribution < -0.4 is 0 Å². The molecule has 1 aliphatic heterocycles. The number of hydrogen-bond acceptors (Lipinski definition) is 2. The van der Waals surface area contributed by atoms with Crippen molar-refractivity contribution in [3.8, 4) is 11.8 Å². The summed E-state index contributed by atoms with van der Waals surface area (Å²) in [5, 5.41) is 8.77. The first-order valence-electron chi connectivity index (χ1n) is 7.11. The Morgan fingerprint density at radius 2 is 2.05 bits per heavy atom. The molecule has 1 heterocycles. The van der Waals surface area contributed by atoms with Crippen LogP contribution >= 0.6 is 0 Å². The number of halogens is 1. The maximum Gasteiger partial charge on any atom is 0.255 e. The second-order valence-corrected chi connectivity index (χ2v) is 6.11. The first-order chi connectivity index (χ1) is 9.93. The molecule has 21 heavy (non-hydrogen) atoms. The molecule has 1 fully saturated rings. The van der Waals surface area contributed by atoms with Crippen molar-refractivity contribution in [1.29, 1.82) is 0 Å². The first kappa shape index (κ1) is 15.5. The van der Waals surface area contributed by atoms with Crippen molar-refractivity contribution in [2.45, 2.75) is 26.7 Å². The molecule has 0 atom stereocenters. The zero-order valence-electron chi connectivity index (χ0n) is 12.4. The van der Waals surface area contributed by atoms with Gasteiger partial charge in [0.15, 0.2) is 0 Å². The molecular weight excluding hydrogens is 269 g/mol. The van der Waals surface area contributed by atoms with E-state index in [4.69, 9.17) is 5.11 Å². The molecule has 0 saturated carbocycles. The molecule has 1 saturated heterocycles. The Kier molecular flexibility index (Phi) is 4.64. The summed E-state index contributed by atoms with van der Waals surface area (Å²) < 4.78 is 13.3. The number of hydrogen-bond donors (Lipinski definition) is 1. The second-order valence-electron chi connectivity index (χ2n) is 6.11. The van der Waals surface area contributed by atoms with Crippen molar-refractivity contribution in [3.05, 3.63) is 35.1 Å². The zero-order chi connectivity index (χ0) is 15.5. The molecule has 4 heteroatoms. The van der Waals surface area contributed by atoms with Crippen LogP contribution in [-0.2, 0) is 0 Å². The molecule has 0 spiro atoms. The Hall–Kier alpha value is -1.86. The number of rotatable bonds is 1. The molecule has 0 aromatic heterocycles. The highest BCUT2D eigenvalue weighted by Gasteiger charge is 2.29. The standard InChI is InChI=1S/C17H20FNO2/c1-17(2)7-9-19(10-8-17)16(21)15-6-5-14(18)12-13(15)4-3-11-20/h5-6,12,20H,7-11H2,1-2H3. The molecule has 1 aliphatic rings. The molecular formula is C17H20FNO2. The van der Waals surface area contributed by atoms with Gasteiger partial charge in [0.2, 0.25) is 0 Å². The van der Waals surface area contributed by atoms with E-state index in [-0.39, 0.29) is 17.9 Å². The topological polar surface area (TPSA) is 40.5 Å². The third-order valence-electron chi connectivity index (χ3n) is 3.92. The van der Waals surface area contributed by atoms with Crippen LogP contribution in [0, 0.1) is 23.1 Å². The maximum absolute atomic E-state index is 13.3. The number of amides is 1. The van der Waals surface area contributed by atoms with Gasteiger partial charge in [-0.3, -0.25) is 4.79 Å². The monoisotopic (exact) mass is 289 g/mol. The molecule has 0 bridgehead atoms. The summed E-state index contributed by atoms with van der Waals surface area (Å²) >= 11 is 0. The molecule has 1 aromatic carbocycles. The third kappa shape index (κ3) is 3.83. The summed E-state index contributed by atoms with van der Waals surface area (Å²) in [6.45, 7) is 5.49. The highest BCUT2D eigenvalue weighted by atomic mass is 19.1. The van der Waals surface area contributed by atoms with E-state index in [9.17, 15) is 9.18 Å². The Bertz CT molecular complexity index is 589. The number of aliphatic hydroxyl groups excluding tert-OH is 1. The van der Waals surface area contributed by atoms with Gasteiger partial charge < -0.3 is 10.0 Å². The smallest absolute Gasteiger partial charge is 0.255 e. The van der Waals surface area contributed by atoms with Gasteiger partial charge >= 0.3 is 0 Å². The van der Waals surface area contributed by atoms with E-state index in [1.165, 1.54) is 18.2 Å². The number of aliphatic hydroxyl groups is 1. The van der Waals surface area contributed by atoms with E-state index >= 15 is 0 Å². The largest absolute Gasteiger partial charge is 0.384 e. The van der Waals surface area contributed by atoms with Gasteiger partial charge in [-0.25, -0.2) is 4.39 Å². The van der Waals surface area contributed by atoms with Crippen LogP contribution in [0.5, 0.6) is 0 Å². The van der Waals surface area contributed by atoms with Gasteiger partial charge in [0, 0.05) is 18.7 Å². The van der Waals surface area contributed by atoms with Gasteiger partial charge in [0.25, 0.3) is 5.91 Å². The van der Waals surface area contributed by atoms with Gasteiger partial charge in [0.1, 0.15) is 12.4 Å². The molecule has 2 rings (SSSR count). The summed E-state index contributed by atoms with van der Waals surface area (Å²) in [5.74, 6) is 4.57. The van der Waals surface area contributed by atoms with Crippen molar-refractivity contribution in [2.24, 2.45) is 5.41 Å². The van der Waals surface area contributed by atoms with E-state index in [0.717, 1.165) is 12.8 Å². The summed E-state index contributed by atoms with van der Waals surface area (Å²) in [6, 6.07) is 3.98. The lowest BCUT2D eigenvalue weighted by molar-refractivity contribution is 0.0630. The van der Waals surface area contributed by atoms with E-state index in [1.54, 1.807) is 4.90 Å². The Balaban J connectivity index is 2.23. The second kappa shape index (κ2) is 6.28. The maximum atomic E-state index is 13.3. The number of likely N-dealkylation sites (tertiary alicyclic amines) is 1. The van der Waals surface area contributed by atoms with Crippen LogP contribution in [0.3, 0.4) is 0 Å². The van der Waals surface area contributed by atoms with Crippen molar-refractivity contribution >= 4 is 5.91 Å². The van der Waals surface area contributed by atoms with Gasteiger partial charge in [-0.2, -0.15) is 0 Å². The molecule has 1 aromatic rings.